The minimum atomic E-state index is 0.503. The van der Waals surface area contributed by atoms with Gasteiger partial charge in [0.05, 0.1) is 0 Å². The second-order valence-corrected chi connectivity index (χ2v) is 7.19. The quantitative estimate of drug-likeness (QED) is 0.793. The molecule has 4 atom stereocenters. The maximum absolute atomic E-state index is 6.35. The fourth-order valence-electron chi connectivity index (χ4n) is 4.32. The van der Waals surface area contributed by atoms with Crippen molar-refractivity contribution in [3.63, 3.8) is 0 Å². The van der Waals surface area contributed by atoms with E-state index in [-0.39, 0.29) is 0 Å². The lowest BCUT2D eigenvalue weighted by Gasteiger charge is -2.32. The highest BCUT2D eigenvalue weighted by molar-refractivity contribution is 6.31. The van der Waals surface area contributed by atoms with Crippen molar-refractivity contribution in [1.29, 1.82) is 0 Å². The van der Waals surface area contributed by atoms with Crippen LogP contribution < -0.4 is 5.32 Å². The standard InChI is InChI=1S/C18H26ClN/c1-3-8-20-18(15-6-4-12(2)17(19)11-15)16-10-13-5-7-14(16)9-13/h4,6,11,13-14,16,18,20H,3,5,7-10H2,1-2H3. The molecule has 110 valence electrons. The highest BCUT2D eigenvalue weighted by atomic mass is 35.5. The molecule has 2 fully saturated rings. The van der Waals surface area contributed by atoms with Crippen LogP contribution in [0.3, 0.4) is 0 Å². The van der Waals surface area contributed by atoms with Gasteiger partial charge in [-0.3, -0.25) is 0 Å². The SMILES string of the molecule is CCCNC(c1ccc(C)c(Cl)c1)C1CC2CCC1C2. The van der Waals surface area contributed by atoms with Crippen LogP contribution in [0.1, 0.15) is 56.2 Å². The van der Waals surface area contributed by atoms with Crippen LogP contribution in [0.4, 0.5) is 0 Å². The average molecular weight is 292 g/mol. The van der Waals surface area contributed by atoms with Gasteiger partial charge in [-0.05, 0) is 74.1 Å². The monoisotopic (exact) mass is 291 g/mol. The van der Waals surface area contributed by atoms with Gasteiger partial charge in [-0.25, -0.2) is 0 Å². The lowest BCUT2D eigenvalue weighted by Crippen LogP contribution is -2.32. The molecule has 2 heteroatoms. The van der Waals surface area contributed by atoms with Gasteiger partial charge in [0.1, 0.15) is 0 Å². The Bertz CT molecular complexity index is 470. The van der Waals surface area contributed by atoms with Crippen LogP contribution in [0.5, 0.6) is 0 Å². The molecule has 4 unspecified atom stereocenters. The van der Waals surface area contributed by atoms with Gasteiger partial charge in [0.15, 0.2) is 0 Å². The van der Waals surface area contributed by atoms with Gasteiger partial charge in [-0.15, -0.1) is 0 Å². The van der Waals surface area contributed by atoms with E-state index < -0.39 is 0 Å². The molecule has 0 radical (unpaired) electrons. The molecule has 1 aromatic rings. The molecule has 1 aromatic carbocycles. The Morgan fingerprint density at radius 1 is 1.30 bits per heavy atom. The molecule has 20 heavy (non-hydrogen) atoms. The molecule has 3 rings (SSSR count). The molecule has 2 saturated carbocycles. The number of halogens is 1. The second-order valence-electron chi connectivity index (χ2n) is 6.78. The Kier molecular flexibility index (Phi) is 4.37. The van der Waals surface area contributed by atoms with Gasteiger partial charge in [0.2, 0.25) is 0 Å². The van der Waals surface area contributed by atoms with E-state index in [1.807, 2.05) is 0 Å². The normalized spacial score (nSPS) is 29.9. The molecule has 0 amide bonds. The maximum atomic E-state index is 6.35. The van der Waals surface area contributed by atoms with Crippen molar-refractivity contribution >= 4 is 11.6 Å². The number of aryl methyl sites for hydroxylation is 1. The van der Waals surface area contributed by atoms with Gasteiger partial charge in [-0.2, -0.15) is 0 Å². The number of benzene rings is 1. The van der Waals surface area contributed by atoms with Crippen LogP contribution in [0.15, 0.2) is 18.2 Å². The molecule has 2 aliphatic rings. The molecular formula is C18H26ClN. The van der Waals surface area contributed by atoms with Crippen LogP contribution in [0, 0.1) is 24.7 Å². The van der Waals surface area contributed by atoms with E-state index in [0.29, 0.717) is 6.04 Å². The minimum absolute atomic E-state index is 0.503. The first-order chi connectivity index (χ1) is 9.69. The topological polar surface area (TPSA) is 12.0 Å². The van der Waals surface area contributed by atoms with Gasteiger partial charge in [0.25, 0.3) is 0 Å². The van der Waals surface area contributed by atoms with Crippen LogP contribution >= 0.6 is 11.6 Å². The third-order valence-electron chi connectivity index (χ3n) is 5.39. The molecule has 0 heterocycles. The van der Waals surface area contributed by atoms with Crippen molar-refractivity contribution < 1.29 is 0 Å². The summed E-state index contributed by atoms with van der Waals surface area (Å²) < 4.78 is 0. The number of nitrogens with one attached hydrogen (secondary N) is 1. The second kappa shape index (κ2) is 6.07. The summed E-state index contributed by atoms with van der Waals surface area (Å²) in [4.78, 5) is 0. The van der Waals surface area contributed by atoms with E-state index in [4.69, 9.17) is 11.6 Å². The lowest BCUT2D eigenvalue weighted by atomic mass is 9.80. The third kappa shape index (κ3) is 2.76. The van der Waals surface area contributed by atoms with E-state index in [0.717, 1.165) is 29.3 Å². The molecule has 0 spiro atoms. The summed E-state index contributed by atoms with van der Waals surface area (Å²) in [5, 5.41) is 4.71. The van der Waals surface area contributed by atoms with E-state index in [2.05, 4.69) is 37.4 Å². The van der Waals surface area contributed by atoms with Crippen LogP contribution in [-0.4, -0.2) is 6.54 Å². The van der Waals surface area contributed by atoms with Crippen molar-refractivity contribution in [2.75, 3.05) is 6.54 Å². The average Bonchev–Trinajstić information content (AvgIpc) is 3.06. The first-order valence-electron chi connectivity index (χ1n) is 8.18. The molecule has 0 aromatic heterocycles. The Balaban J connectivity index is 1.83. The van der Waals surface area contributed by atoms with Crippen molar-refractivity contribution in [1.82, 2.24) is 5.32 Å². The number of rotatable bonds is 5. The summed E-state index contributed by atoms with van der Waals surface area (Å²) in [5.41, 5.74) is 2.57. The van der Waals surface area contributed by atoms with Crippen molar-refractivity contribution in [3.05, 3.63) is 34.3 Å². The molecule has 2 aliphatic carbocycles. The molecule has 0 aliphatic heterocycles. The predicted octanol–water partition coefficient (Wildman–Crippen LogP) is 5.13. The third-order valence-corrected chi connectivity index (χ3v) is 5.80. The zero-order valence-corrected chi connectivity index (χ0v) is 13.4. The van der Waals surface area contributed by atoms with Crippen molar-refractivity contribution in [2.45, 2.75) is 52.0 Å². The fraction of sp³-hybridized carbons (Fsp3) is 0.667. The fourth-order valence-corrected chi connectivity index (χ4v) is 4.51. The van der Waals surface area contributed by atoms with E-state index >= 15 is 0 Å². The number of hydrogen-bond acceptors (Lipinski definition) is 1. The first kappa shape index (κ1) is 14.4. The van der Waals surface area contributed by atoms with Crippen molar-refractivity contribution in [2.24, 2.45) is 17.8 Å². The number of fused-ring (bicyclic) bond motifs is 2. The molecule has 2 bridgehead atoms. The summed E-state index contributed by atoms with van der Waals surface area (Å²) in [7, 11) is 0. The predicted molar refractivity (Wildman–Crippen MR) is 86.2 cm³/mol. The number of hydrogen-bond donors (Lipinski definition) is 1. The van der Waals surface area contributed by atoms with Crippen LogP contribution in [0.2, 0.25) is 5.02 Å². The van der Waals surface area contributed by atoms with Crippen molar-refractivity contribution in [3.8, 4) is 0 Å². The van der Waals surface area contributed by atoms with Gasteiger partial charge >= 0.3 is 0 Å². The smallest absolute Gasteiger partial charge is 0.0438 e. The molecule has 1 nitrogen and oxygen atoms in total. The van der Waals surface area contributed by atoms with Gasteiger partial charge in [0, 0.05) is 11.1 Å². The summed E-state index contributed by atoms with van der Waals surface area (Å²) in [6.07, 6.45) is 6.98. The van der Waals surface area contributed by atoms with Crippen LogP contribution in [0.25, 0.3) is 0 Å². The van der Waals surface area contributed by atoms with Gasteiger partial charge in [-0.1, -0.05) is 37.1 Å². The highest BCUT2D eigenvalue weighted by Crippen LogP contribution is 2.52. The Morgan fingerprint density at radius 3 is 2.75 bits per heavy atom. The molecular weight excluding hydrogens is 266 g/mol. The summed E-state index contributed by atoms with van der Waals surface area (Å²) in [5.74, 6) is 2.75. The minimum Gasteiger partial charge on any atom is -0.310 e. The zero-order valence-electron chi connectivity index (χ0n) is 12.7. The maximum Gasteiger partial charge on any atom is 0.0438 e. The Labute approximate surface area is 128 Å². The highest BCUT2D eigenvalue weighted by Gasteiger charge is 2.43. The van der Waals surface area contributed by atoms with Gasteiger partial charge < -0.3 is 5.32 Å². The van der Waals surface area contributed by atoms with E-state index in [9.17, 15) is 0 Å². The Morgan fingerprint density at radius 2 is 2.15 bits per heavy atom. The lowest BCUT2D eigenvalue weighted by molar-refractivity contribution is 0.251. The summed E-state index contributed by atoms with van der Waals surface area (Å²) in [6.45, 7) is 5.43. The zero-order chi connectivity index (χ0) is 14.1. The largest absolute Gasteiger partial charge is 0.310 e. The molecule has 1 N–H and O–H groups in total. The summed E-state index contributed by atoms with van der Waals surface area (Å²) in [6, 6.07) is 7.14. The van der Waals surface area contributed by atoms with Crippen LogP contribution in [-0.2, 0) is 0 Å². The van der Waals surface area contributed by atoms with E-state index in [1.54, 1.807) is 0 Å². The molecule has 0 saturated heterocycles. The Hall–Kier alpha value is -0.530. The summed E-state index contributed by atoms with van der Waals surface area (Å²) >= 11 is 6.35. The first-order valence-corrected chi connectivity index (χ1v) is 8.56. The van der Waals surface area contributed by atoms with E-state index in [1.165, 1.54) is 43.2 Å².